The Morgan fingerprint density at radius 3 is 1.61 bits per heavy atom. The molecule has 3 heterocycles. The molecule has 1 aromatic carbocycles. The van der Waals surface area contributed by atoms with E-state index in [1.807, 2.05) is 55.4 Å². The van der Waals surface area contributed by atoms with Crippen molar-refractivity contribution >= 4 is 65.0 Å². The van der Waals surface area contributed by atoms with Crippen molar-refractivity contribution in [1.82, 2.24) is 62.1 Å². The normalized spacial score (nSPS) is 28.7. The molecule has 0 saturated carbocycles. The molecule has 0 aromatic heterocycles. The highest BCUT2D eigenvalue weighted by Gasteiger charge is 2.43. The summed E-state index contributed by atoms with van der Waals surface area (Å²) in [5, 5.41) is 45.8. The predicted molar refractivity (Wildman–Crippen MR) is 340 cm³/mol. The highest BCUT2D eigenvalue weighted by Crippen LogP contribution is 2.23. The van der Waals surface area contributed by atoms with E-state index in [0.717, 1.165) is 11.3 Å². The molecule has 0 radical (unpaired) electrons. The molecular weight excluding hydrogens is 1160 g/mol. The molecule has 25 heteroatoms. The Morgan fingerprint density at radius 1 is 0.544 bits per heavy atom. The number of nitrogens with one attached hydrogen (secondary N) is 8. The molecule has 3 fully saturated rings. The lowest BCUT2D eigenvalue weighted by Gasteiger charge is -2.39. The summed E-state index contributed by atoms with van der Waals surface area (Å²) in [5.41, 5.74) is 0.630. The van der Waals surface area contributed by atoms with Gasteiger partial charge >= 0.3 is 0 Å². The molecule has 10 N–H and O–H groups in total. The van der Waals surface area contributed by atoms with E-state index in [2.05, 4.69) is 42.5 Å². The summed E-state index contributed by atoms with van der Waals surface area (Å²) < 4.78 is 0. The first-order chi connectivity index (χ1) is 42.2. The Kier molecular flexibility index (Phi) is 30.1. The van der Waals surface area contributed by atoms with Gasteiger partial charge in [-0.3, -0.25) is 57.6 Å². The van der Waals surface area contributed by atoms with E-state index in [1.54, 1.807) is 49.1 Å². The fourth-order valence-corrected chi connectivity index (χ4v) is 11.9. The van der Waals surface area contributed by atoms with Crippen molar-refractivity contribution in [3.05, 3.63) is 35.9 Å². The van der Waals surface area contributed by atoms with Crippen LogP contribution in [0.1, 0.15) is 166 Å². The van der Waals surface area contributed by atoms with Crippen molar-refractivity contribution in [2.45, 2.75) is 246 Å². The molecule has 3 saturated heterocycles. The standard InChI is InChI=1S/C65H108N12O13/c1-36(2)30-45-57(82)66-41(11)55(80)70-49(33-39(7)8)65(90)77-29-23-20-26-51(77)60(85)73-53(43(13)78)61(86)69-47(34-44-24-18-16-19-25-44)59(84)71-48(32-38(5)6)63(88)75(15)54(40(9)10)62(87)72-50(64(89)76-27-21-17-22-28-76)35-52(79)74(14)42(12)56(81)67-46(31-37(3)4)58(83)68-45/h16,18-19,24-25,36-43,45-51,53-54,63,78,88H,17,20-23,26-35H2,1-15H3,(H,66,82)(H,67,81)(H,68,83)(H,69,86)(H,70,80)(H,71,84)(H,72,87)(H,73,85)/t41-,42-,43+,45-,46-,47-,48-,49-,50-,51-,53-,54-,63?/m0/s1. The molecule has 1 unspecified atom stereocenters. The third-order valence-corrected chi connectivity index (χ3v) is 17.0. The predicted octanol–water partition coefficient (Wildman–Crippen LogP) is 1.61. The number of nitrogens with zero attached hydrogens (tertiary/aromatic N) is 4. The minimum Gasteiger partial charge on any atom is -0.391 e. The van der Waals surface area contributed by atoms with Gasteiger partial charge in [0.1, 0.15) is 60.6 Å². The van der Waals surface area contributed by atoms with Crippen LogP contribution in [-0.2, 0) is 59.2 Å². The quantitative estimate of drug-likeness (QED) is 0.134. The number of rotatable bonds is 13. The molecule has 0 aliphatic carbocycles. The number of piperidine rings is 2. The molecule has 3 aliphatic rings. The third kappa shape index (κ3) is 22.6. The Balaban J connectivity index is 1.85. The first-order valence-corrected chi connectivity index (χ1v) is 32.6. The van der Waals surface area contributed by atoms with Crippen LogP contribution in [0.4, 0.5) is 0 Å². The van der Waals surface area contributed by atoms with E-state index < -0.39 is 156 Å². The first-order valence-electron chi connectivity index (χ1n) is 32.6. The van der Waals surface area contributed by atoms with Gasteiger partial charge in [-0.25, -0.2) is 0 Å². The van der Waals surface area contributed by atoms with Gasteiger partial charge < -0.3 is 67.4 Å². The summed E-state index contributed by atoms with van der Waals surface area (Å²) >= 11 is 0. The maximum Gasteiger partial charge on any atom is 0.245 e. The average Bonchev–Trinajstić information content (AvgIpc) is 1.42. The minimum absolute atomic E-state index is 0.0794. The molecule has 90 heavy (non-hydrogen) atoms. The fourth-order valence-electron chi connectivity index (χ4n) is 11.9. The third-order valence-electron chi connectivity index (χ3n) is 17.0. The largest absolute Gasteiger partial charge is 0.391 e. The van der Waals surface area contributed by atoms with Gasteiger partial charge in [0.05, 0.1) is 24.6 Å². The van der Waals surface area contributed by atoms with E-state index in [-0.39, 0.29) is 68.7 Å². The van der Waals surface area contributed by atoms with Crippen LogP contribution in [0.2, 0.25) is 0 Å². The van der Waals surface area contributed by atoms with Gasteiger partial charge in [0.25, 0.3) is 0 Å². The van der Waals surface area contributed by atoms with Crippen LogP contribution in [0.5, 0.6) is 0 Å². The Labute approximate surface area is 533 Å². The average molecular weight is 1270 g/mol. The Hall–Kier alpha value is -6.73. The topological polar surface area (TPSA) is 337 Å². The maximum absolute atomic E-state index is 14.8. The zero-order valence-electron chi connectivity index (χ0n) is 56.1. The van der Waals surface area contributed by atoms with E-state index in [4.69, 9.17) is 0 Å². The lowest BCUT2D eigenvalue weighted by Crippen LogP contribution is -2.64. The van der Waals surface area contributed by atoms with Gasteiger partial charge in [0.15, 0.2) is 0 Å². The van der Waals surface area contributed by atoms with Crippen LogP contribution < -0.4 is 42.5 Å². The number of fused-ring (bicyclic) bond motifs is 1. The zero-order chi connectivity index (χ0) is 67.4. The minimum atomic E-state index is -1.65. The molecule has 506 valence electrons. The number of hydrogen-bond donors (Lipinski definition) is 10. The molecule has 0 spiro atoms. The molecule has 4 rings (SSSR count). The van der Waals surface area contributed by atoms with Gasteiger partial charge in [-0.05, 0) is 127 Å². The van der Waals surface area contributed by atoms with Crippen molar-refractivity contribution < 1.29 is 63.0 Å². The number of hydrogen-bond acceptors (Lipinski definition) is 14. The lowest BCUT2D eigenvalue weighted by molar-refractivity contribution is -0.147. The van der Waals surface area contributed by atoms with Crippen LogP contribution >= 0.6 is 0 Å². The van der Waals surface area contributed by atoms with Crippen molar-refractivity contribution in [1.29, 1.82) is 0 Å². The molecule has 11 amide bonds. The number of aliphatic hydroxyl groups excluding tert-OH is 2. The number of benzene rings is 1. The number of likely N-dealkylation sites (N-methyl/N-ethyl adjacent to an activating group) is 2. The molecule has 1 aromatic rings. The Bertz CT molecular complexity index is 2600. The zero-order valence-corrected chi connectivity index (χ0v) is 56.1. The lowest BCUT2D eigenvalue weighted by atomic mass is 9.96. The second-order valence-corrected chi connectivity index (χ2v) is 27.2. The van der Waals surface area contributed by atoms with Gasteiger partial charge in [-0.2, -0.15) is 0 Å². The van der Waals surface area contributed by atoms with E-state index >= 15 is 0 Å². The monoisotopic (exact) mass is 1260 g/mol. The molecule has 25 nitrogen and oxygen atoms in total. The van der Waals surface area contributed by atoms with Crippen molar-refractivity contribution in [3.8, 4) is 0 Å². The first kappa shape index (κ1) is 75.7. The number of likely N-dealkylation sites (tertiary alicyclic amines) is 1. The summed E-state index contributed by atoms with van der Waals surface area (Å²) in [7, 11) is 2.87. The second-order valence-electron chi connectivity index (χ2n) is 27.2. The van der Waals surface area contributed by atoms with E-state index in [1.165, 1.54) is 44.7 Å². The van der Waals surface area contributed by atoms with Gasteiger partial charge in [-0.1, -0.05) is 99.6 Å². The van der Waals surface area contributed by atoms with Crippen LogP contribution in [-0.4, -0.2) is 207 Å². The maximum atomic E-state index is 14.8. The van der Waals surface area contributed by atoms with Gasteiger partial charge in [-0.15, -0.1) is 0 Å². The fraction of sp³-hybridized carbons (Fsp3) is 0.738. The highest BCUT2D eigenvalue weighted by atomic mass is 16.3. The SMILES string of the molecule is CC(C)C[C@@H]1NC(=O)[C@H](CC(C)C)NC(=O)[C@H](C)N(C)C(=O)C[C@@H](C(=O)N2CCCCC2)NC(=O)[C@H](C(C)C)N(C)C(O)[C@H](CC(C)C)NC(=O)[C@H](Cc2ccccc2)NC(=O)[C@H]([C@@H](C)O)NC(=O)[C@@H]2CCCCN2C(=O)[C@H](CC(C)C)NC(=O)[C@H](C)NC1=O. The smallest absolute Gasteiger partial charge is 0.245 e. The molecule has 3 aliphatic heterocycles. The molecular formula is C65H108N12O13. The summed E-state index contributed by atoms with van der Waals surface area (Å²) in [5.74, 6) is -8.98. The van der Waals surface area contributed by atoms with Gasteiger partial charge in [0, 0.05) is 33.1 Å². The summed E-state index contributed by atoms with van der Waals surface area (Å²) in [4.78, 5) is 165. The van der Waals surface area contributed by atoms with Gasteiger partial charge in [0.2, 0.25) is 65.0 Å². The van der Waals surface area contributed by atoms with Crippen LogP contribution in [0.3, 0.4) is 0 Å². The van der Waals surface area contributed by atoms with Crippen molar-refractivity contribution in [3.63, 3.8) is 0 Å². The molecule has 13 atom stereocenters. The Morgan fingerprint density at radius 2 is 1.06 bits per heavy atom. The van der Waals surface area contributed by atoms with Crippen molar-refractivity contribution in [2.24, 2.45) is 29.6 Å². The molecule has 0 bridgehead atoms. The number of carbonyl (C=O) groups is 11. The summed E-state index contributed by atoms with van der Waals surface area (Å²) in [6.07, 6.45) is 0.268. The number of aliphatic hydroxyl groups is 2. The van der Waals surface area contributed by atoms with Crippen molar-refractivity contribution in [2.75, 3.05) is 33.7 Å². The van der Waals surface area contributed by atoms with E-state index in [0.29, 0.717) is 44.3 Å². The summed E-state index contributed by atoms with van der Waals surface area (Å²) in [6.45, 7) is 23.3. The van der Waals surface area contributed by atoms with Crippen LogP contribution in [0.25, 0.3) is 0 Å². The van der Waals surface area contributed by atoms with E-state index in [9.17, 15) is 63.0 Å². The van der Waals surface area contributed by atoms with Crippen LogP contribution in [0, 0.1) is 29.6 Å². The highest BCUT2D eigenvalue weighted by molar-refractivity contribution is 5.99. The second kappa shape index (κ2) is 35.8. The van der Waals surface area contributed by atoms with Crippen LogP contribution in [0.15, 0.2) is 30.3 Å². The number of carbonyl (C=O) groups excluding carboxylic acids is 11. The number of amides is 11. The summed E-state index contributed by atoms with van der Waals surface area (Å²) in [6, 6.07) is -5.14.